The Hall–Kier alpha value is -3.78. The molecule has 1 aromatic carbocycles. The van der Waals surface area contributed by atoms with E-state index >= 15 is 8.78 Å². The fraction of sp³-hybridized carbons (Fsp3) is 0.516. The van der Waals surface area contributed by atoms with Crippen LogP contribution < -0.4 is 5.32 Å². The van der Waals surface area contributed by atoms with Crippen molar-refractivity contribution in [2.75, 3.05) is 26.2 Å². The first-order chi connectivity index (χ1) is 21.5. The van der Waals surface area contributed by atoms with E-state index in [-0.39, 0.29) is 42.6 Å². The monoisotopic (exact) mass is 645 g/mol. The van der Waals surface area contributed by atoms with Crippen LogP contribution in [0, 0.1) is 24.6 Å². The molecule has 1 aromatic heterocycles. The second-order valence-electron chi connectivity index (χ2n) is 12.0. The van der Waals surface area contributed by atoms with Gasteiger partial charge in [-0.2, -0.15) is 0 Å². The van der Waals surface area contributed by atoms with E-state index in [2.05, 4.69) is 10.3 Å². The van der Waals surface area contributed by atoms with Gasteiger partial charge in [0.25, 0.3) is 5.92 Å². The minimum absolute atomic E-state index is 0.0393. The summed E-state index contributed by atoms with van der Waals surface area (Å²) in [5, 5.41) is 14.7. The molecule has 4 heterocycles. The third-order valence-electron chi connectivity index (χ3n) is 9.37. The molecule has 3 aliphatic heterocycles. The van der Waals surface area contributed by atoms with Gasteiger partial charge in [0, 0.05) is 36.4 Å². The summed E-state index contributed by atoms with van der Waals surface area (Å²) in [4.78, 5) is 50.8. The highest BCUT2D eigenvalue weighted by molar-refractivity contribution is 7.11. The minimum Gasteiger partial charge on any atom is -0.481 e. The number of alkyl halides is 2. The second-order valence-corrected chi connectivity index (χ2v) is 12.9. The number of hydrogen-bond donors (Lipinski definition) is 2. The summed E-state index contributed by atoms with van der Waals surface area (Å²) in [6.07, 6.45) is 3.24. The number of carbonyl (C=O) groups excluding carboxylic acids is 2. The molecule has 45 heavy (non-hydrogen) atoms. The number of carboxylic acids is 1. The van der Waals surface area contributed by atoms with Crippen LogP contribution in [0.5, 0.6) is 0 Å². The number of likely N-dealkylation sites (tertiary alicyclic amines) is 2. The number of nitrogens with one attached hydrogen (secondary N) is 1. The number of amidine groups is 1. The van der Waals surface area contributed by atoms with Gasteiger partial charge in [0.1, 0.15) is 17.9 Å². The average Bonchev–Trinajstić information content (AvgIpc) is 3.72. The van der Waals surface area contributed by atoms with E-state index in [0.29, 0.717) is 42.1 Å². The number of thiazole rings is 1. The maximum absolute atomic E-state index is 15.6. The van der Waals surface area contributed by atoms with Gasteiger partial charge in [-0.3, -0.25) is 19.5 Å². The molecule has 2 saturated heterocycles. The Balaban J connectivity index is 1.36. The summed E-state index contributed by atoms with van der Waals surface area (Å²) in [5.41, 5.74) is 0.967. The summed E-state index contributed by atoms with van der Waals surface area (Å²) < 4.78 is 51.4. The van der Waals surface area contributed by atoms with Crippen molar-refractivity contribution in [3.63, 3.8) is 0 Å². The predicted octanol–water partition coefficient (Wildman–Crippen LogP) is 3.92. The van der Waals surface area contributed by atoms with Crippen molar-refractivity contribution in [2.24, 2.45) is 16.8 Å². The number of carbonyl (C=O) groups is 3. The van der Waals surface area contributed by atoms with Crippen LogP contribution in [0.1, 0.15) is 54.8 Å². The molecule has 0 unspecified atom stereocenters. The van der Waals surface area contributed by atoms with E-state index in [1.54, 1.807) is 31.5 Å². The number of esters is 1. The smallest absolute Gasteiger partial charge is 0.338 e. The van der Waals surface area contributed by atoms with Crippen LogP contribution in [0.25, 0.3) is 0 Å². The number of nitrogens with zero attached hydrogens (tertiary/aromatic N) is 4. The number of amides is 1. The van der Waals surface area contributed by atoms with E-state index in [1.165, 1.54) is 33.3 Å². The second kappa shape index (κ2) is 12.2. The lowest BCUT2D eigenvalue weighted by Gasteiger charge is -2.35. The standard InChI is InChI=1S/C31H34F3N5O5S/c1-3-44-30(43)23-22(36-26(27-35-11-12-45-27)37-24(23)19-5-4-6-21(32)16(19)2)14-38-15-31(33,34)20-13-39(28(40)25(20)38)18-9-7-17(8-10-18)29(41)42/h4-6,11-12,17-18,20,24-25H,3,7-10,13-15H2,1-2H3,(H,36,37)(H,41,42)/t17?,18?,20-,24+,25-/m1/s1. The van der Waals surface area contributed by atoms with Crippen LogP contribution in [0.3, 0.4) is 0 Å². The number of ether oxygens (including phenoxy) is 1. The normalized spacial score (nSPS) is 28.1. The molecular formula is C31H34F3N5O5S. The highest BCUT2D eigenvalue weighted by Crippen LogP contribution is 2.46. The molecular weight excluding hydrogens is 611 g/mol. The lowest BCUT2D eigenvalue weighted by molar-refractivity contribution is -0.143. The molecule has 1 aliphatic carbocycles. The number of halogens is 3. The van der Waals surface area contributed by atoms with E-state index in [0.717, 1.165) is 0 Å². The fourth-order valence-electron chi connectivity index (χ4n) is 7.09. The van der Waals surface area contributed by atoms with E-state index in [4.69, 9.17) is 9.73 Å². The summed E-state index contributed by atoms with van der Waals surface area (Å²) in [5.74, 6) is -7.16. The Morgan fingerprint density at radius 2 is 1.98 bits per heavy atom. The molecule has 3 fully saturated rings. The first-order valence-corrected chi connectivity index (χ1v) is 15.9. The van der Waals surface area contributed by atoms with Gasteiger partial charge in [0.05, 0.1) is 30.6 Å². The quantitative estimate of drug-likeness (QED) is 0.414. The van der Waals surface area contributed by atoms with Crippen LogP contribution >= 0.6 is 11.3 Å². The molecule has 6 rings (SSSR count). The number of aromatic nitrogens is 1. The molecule has 2 aromatic rings. The van der Waals surface area contributed by atoms with E-state index in [9.17, 15) is 23.9 Å². The Morgan fingerprint density at radius 3 is 2.64 bits per heavy atom. The number of carboxylic acid groups (broad SMARTS) is 1. The molecule has 4 aliphatic rings. The first-order valence-electron chi connectivity index (χ1n) is 15.0. The Kier molecular flexibility index (Phi) is 8.46. The van der Waals surface area contributed by atoms with Crippen molar-refractivity contribution in [2.45, 2.75) is 63.6 Å². The molecule has 10 nitrogen and oxygen atoms in total. The Morgan fingerprint density at radius 1 is 1.22 bits per heavy atom. The molecule has 3 atom stereocenters. The Labute approximate surface area is 262 Å². The maximum Gasteiger partial charge on any atom is 0.338 e. The van der Waals surface area contributed by atoms with Gasteiger partial charge in [0.2, 0.25) is 5.91 Å². The summed E-state index contributed by atoms with van der Waals surface area (Å²) in [6.45, 7) is 2.23. The minimum atomic E-state index is -3.18. The van der Waals surface area contributed by atoms with Crippen LogP contribution in [0.2, 0.25) is 0 Å². The van der Waals surface area contributed by atoms with Crippen LogP contribution in [0.15, 0.2) is 46.0 Å². The van der Waals surface area contributed by atoms with Crippen LogP contribution in [-0.2, 0) is 19.1 Å². The number of hydrogen-bond acceptors (Lipinski definition) is 9. The fourth-order valence-corrected chi connectivity index (χ4v) is 7.68. The molecule has 0 radical (unpaired) electrons. The zero-order valence-electron chi connectivity index (χ0n) is 24.8. The number of rotatable bonds is 8. The van der Waals surface area contributed by atoms with Gasteiger partial charge in [-0.15, -0.1) is 11.3 Å². The highest BCUT2D eigenvalue weighted by atomic mass is 32.1. The molecule has 0 bridgehead atoms. The zero-order chi connectivity index (χ0) is 32.0. The van der Waals surface area contributed by atoms with Crippen molar-refractivity contribution in [3.05, 3.63) is 63.0 Å². The van der Waals surface area contributed by atoms with E-state index in [1.807, 2.05) is 0 Å². The van der Waals surface area contributed by atoms with Crippen LogP contribution in [-0.4, -0.2) is 87.8 Å². The van der Waals surface area contributed by atoms with Crippen molar-refractivity contribution in [3.8, 4) is 0 Å². The summed E-state index contributed by atoms with van der Waals surface area (Å²) >= 11 is 1.28. The zero-order valence-corrected chi connectivity index (χ0v) is 25.7. The SMILES string of the molecule is CCOC(=O)C1=C(CN2CC(F)(F)[C@@H]3CN(C4CCC(C(=O)O)CC4)C(=O)[C@@H]32)NC(c2nccs2)=N[C@H]1c1cccc(F)c1C. The van der Waals surface area contributed by atoms with Gasteiger partial charge in [-0.25, -0.2) is 22.9 Å². The van der Waals surface area contributed by atoms with Crippen molar-refractivity contribution in [1.82, 2.24) is 20.1 Å². The lowest BCUT2D eigenvalue weighted by Crippen LogP contribution is -2.48. The van der Waals surface area contributed by atoms with Gasteiger partial charge in [-0.05, 0) is 56.7 Å². The van der Waals surface area contributed by atoms with E-state index < -0.39 is 60.0 Å². The number of benzene rings is 1. The Bertz CT molecular complexity index is 1560. The van der Waals surface area contributed by atoms with Gasteiger partial charge < -0.3 is 20.1 Å². The summed E-state index contributed by atoms with van der Waals surface area (Å²) in [6, 6.07) is 2.02. The largest absolute Gasteiger partial charge is 0.481 e. The predicted molar refractivity (Wildman–Crippen MR) is 158 cm³/mol. The number of aliphatic carboxylic acids is 1. The van der Waals surface area contributed by atoms with Gasteiger partial charge >= 0.3 is 11.9 Å². The van der Waals surface area contributed by atoms with Gasteiger partial charge in [0.15, 0.2) is 10.8 Å². The molecule has 2 N–H and O–H groups in total. The molecule has 1 saturated carbocycles. The molecule has 240 valence electrons. The molecule has 0 spiro atoms. The molecule has 1 amide bonds. The van der Waals surface area contributed by atoms with Gasteiger partial charge in [-0.1, -0.05) is 12.1 Å². The maximum atomic E-state index is 15.6. The number of fused-ring (bicyclic) bond motifs is 1. The third kappa shape index (κ3) is 5.73. The average molecular weight is 646 g/mol. The topological polar surface area (TPSA) is 124 Å². The number of aliphatic imine (C=N–C) groups is 1. The lowest BCUT2D eigenvalue weighted by atomic mass is 9.85. The van der Waals surface area contributed by atoms with Crippen molar-refractivity contribution in [1.29, 1.82) is 0 Å². The van der Waals surface area contributed by atoms with Crippen molar-refractivity contribution < 1.29 is 37.4 Å². The van der Waals surface area contributed by atoms with Crippen LogP contribution in [0.4, 0.5) is 13.2 Å². The van der Waals surface area contributed by atoms with Crippen molar-refractivity contribution >= 4 is 35.0 Å². The highest BCUT2D eigenvalue weighted by Gasteiger charge is 2.62. The first kappa shape index (κ1) is 31.2. The third-order valence-corrected chi connectivity index (χ3v) is 10.1. The molecule has 14 heteroatoms. The summed E-state index contributed by atoms with van der Waals surface area (Å²) in [7, 11) is 0.